The van der Waals surface area contributed by atoms with E-state index in [9.17, 15) is 5.11 Å². The largest absolute Gasteiger partial charge is 0.393 e. The Morgan fingerprint density at radius 1 is 1.43 bits per heavy atom. The molecule has 1 aromatic heterocycles. The van der Waals surface area contributed by atoms with Gasteiger partial charge in [0.15, 0.2) is 0 Å². The summed E-state index contributed by atoms with van der Waals surface area (Å²) in [5.41, 5.74) is 1.05. The lowest BCUT2D eigenvalue weighted by atomic mass is 10.2. The number of rotatable bonds is 5. The summed E-state index contributed by atoms with van der Waals surface area (Å²) in [6.07, 6.45) is 4.83. The molecule has 1 unspecified atom stereocenters. The molecule has 78 valence electrons. The van der Waals surface area contributed by atoms with E-state index >= 15 is 0 Å². The van der Waals surface area contributed by atoms with Crippen molar-refractivity contribution in [3.63, 3.8) is 0 Å². The number of anilines is 1. The zero-order valence-electron chi connectivity index (χ0n) is 8.70. The number of hydrogen-bond acceptors (Lipinski definition) is 4. The molecule has 0 radical (unpaired) electrons. The third-order valence-electron chi connectivity index (χ3n) is 2.01. The van der Waals surface area contributed by atoms with Crippen LogP contribution < -0.4 is 5.32 Å². The first-order chi connectivity index (χ1) is 6.72. The van der Waals surface area contributed by atoms with E-state index in [1.54, 1.807) is 12.4 Å². The Balaban J connectivity index is 2.28. The van der Waals surface area contributed by atoms with Gasteiger partial charge in [-0.3, -0.25) is 0 Å². The minimum Gasteiger partial charge on any atom is -0.393 e. The van der Waals surface area contributed by atoms with Gasteiger partial charge in [-0.2, -0.15) is 0 Å². The predicted molar refractivity (Wildman–Crippen MR) is 56.2 cm³/mol. The highest BCUT2D eigenvalue weighted by atomic mass is 16.3. The van der Waals surface area contributed by atoms with Crippen molar-refractivity contribution >= 4 is 5.95 Å². The third-order valence-corrected chi connectivity index (χ3v) is 2.01. The van der Waals surface area contributed by atoms with Gasteiger partial charge in [0.1, 0.15) is 0 Å². The molecule has 0 saturated carbocycles. The zero-order valence-corrected chi connectivity index (χ0v) is 8.70. The van der Waals surface area contributed by atoms with Gasteiger partial charge in [0.2, 0.25) is 5.95 Å². The molecule has 14 heavy (non-hydrogen) atoms. The van der Waals surface area contributed by atoms with E-state index in [0.717, 1.165) is 18.4 Å². The molecule has 4 nitrogen and oxygen atoms in total. The summed E-state index contributed by atoms with van der Waals surface area (Å²) >= 11 is 0. The quantitative estimate of drug-likeness (QED) is 0.744. The van der Waals surface area contributed by atoms with E-state index in [1.807, 2.05) is 13.8 Å². The van der Waals surface area contributed by atoms with Crippen molar-refractivity contribution in [1.82, 2.24) is 9.97 Å². The van der Waals surface area contributed by atoms with Gasteiger partial charge < -0.3 is 10.4 Å². The number of nitrogens with zero attached hydrogens (tertiary/aromatic N) is 2. The fourth-order valence-electron chi connectivity index (χ4n) is 1.04. The van der Waals surface area contributed by atoms with Gasteiger partial charge in [-0.15, -0.1) is 0 Å². The highest BCUT2D eigenvalue weighted by Crippen LogP contribution is 2.00. The average molecular weight is 195 g/mol. The molecule has 0 spiro atoms. The fraction of sp³-hybridized carbons (Fsp3) is 0.600. The van der Waals surface area contributed by atoms with Gasteiger partial charge in [0.25, 0.3) is 0 Å². The molecule has 1 heterocycles. The smallest absolute Gasteiger partial charge is 0.222 e. The minimum atomic E-state index is -0.229. The van der Waals surface area contributed by atoms with Gasteiger partial charge >= 0.3 is 0 Å². The molecule has 1 rings (SSSR count). The number of aliphatic hydroxyl groups is 1. The monoisotopic (exact) mass is 195 g/mol. The van der Waals surface area contributed by atoms with Crippen LogP contribution in [-0.4, -0.2) is 27.7 Å². The van der Waals surface area contributed by atoms with Crippen LogP contribution in [0.25, 0.3) is 0 Å². The molecule has 0 fully saturated rings. The molecule has 0 aliphatic rings. The maximum absolute atomic E-state index is 9.30. The summed E-state index contributed by atoms with van der Waals surface area (Å²) in [4.78, 5) is 8.19. The normalized spacial score (nSPS) is 12.5. The molecule has 0 bridgehead atoms. The molecule has 0 amide bonds. The average Bonchev–Trinajstić information content (AvgIpc) is 2.21. The SMILES string of the molecule is CCC(O)CCNc1ncc(C)cn1. The van der Waals surface area contributed by atoms with Crippen LogP contribution in [0.1, 0.15) is 25.3 Å². The standard InChI is InChI=1S/C10H17N3O/c1-3-9(14)4-5-11-10-12-6-8(2)7-13-10/h6-7,9,14H,3-5H2,1-2H3,(H,11,12,13). The van der Waals surface area contributed by atoms with Gasteiger partial charge in [-0.25, -0.2) is 9.97 Å². The Hall–Kier alpha value is -1.16. The van der Waals surface area contributed by atoms with Crippen LogP contribution >= 0.6 is 0 Å². The number of aryl methyl sites for hydroxylation is 1. The second-order valence-corrected chi connectivity index (χ2v) is 3.36. The van der Waals surface area contributed by atoms with E-state index < -0.39 is 0 Å². The second-order valence-electron chi connectivity index (χ2n) is 3.36. The van der Waals surface area contributed by atoms with E-state index in [0.29, 0.717) is 12.5 Å². The van der Waals surface area contributed by atoms with E-state index in [1.165, 1.54) is 0 Å². The molecular weight excluding hydrogens is 178 g/mol. The Morgan fingerprint density at radius 3 is 2.64 bits per heavy atom. The lowest BCUT2D eigenvalue weighted by Gasteiger charge is -2.08. The van der Waals surface area contributed by atoms with Crippen molar-refractivity contribution in [3.05, 3.63) is 18.0 Å². The van der Waals surface area contributed by atoms with Gasteiger partial charge in [0, 0.05) is 18.9 Å². The van der Waals surface area contributed by atoms with Crippen molar-refractivity contribution in [2.75, 3.05) is 11.9 Å². The van der Waals surface area contributed by atoms with E-state index in [-0.39, 0.29) is 6.10 Å². The van der Waals surface area contributed by atoms with E-state index in [2.05, 4.69) is 15.3 Å². The molecule has 0 saturated heterocycles. The summed E-state index contributed by atoms with van der Waals surface area (Å²) in [5, 5.41) is 12.4. The first kappa shape index (κ1) is 10.9. The van der Waals surface area contributed by atoms with Crippen LogP contribution in [0, 0.1) is 6.92 Å². The Kier molecular flexibility index (Phi) is 4.32. The molecule has 1 atom stereocenters. The van der Waals surface area contributed by atoms with Crippen molar-refractivity contribution < 1.29 is 5.11 Å². The van der Waals surface area contributed by atoms with Crippen molar-refractivity contribution in [1.29, 1.82) is 0 Å². The minimum absolute atomic E-state index is 0.229. The van der Waals surface area contributed by atoms with Crippen LogP contribution in [0.5, 0.6) is 0 Å². The number of aliphatic hydroxyl groups excluding tert-OH is 1. The summed E-state index contributed by atoms with van der Waals surface area (Å²) in [6, 6.07) is 0. The zero-order chi connectivity index (χ0) is 10.4. The van der Waals surface area contributed by atoms with Gasteiger partial charge in [-0.1, -0.05) is 6.92 Å². The summed E-state index contributed by atoms with van der Waals surface area (Å²) in [7, 11) is 0. The summed E-state index contributed by atoms with van der Waals surface area (Å²) in [6.45, 7) is 4.62. The topological polar surface area (TPSA) is 58.0 Å². The molecule has 2 N–H and O–H groups in total. The Labute approximate surface area is 84.4 Å². The number of nitrogens with one attached hydrogen (secondary N) is 1. The van der Waals surface area contributed by atoms with E-state index in [4.69, 9.17) is 0 Å². The lowest BCUT2D eigenvalue weighted by Crippen LogP contribution is -2.13. The number of hydrogen-bond donors (Lipinski definition) is 2. The summed E-state index contributed by atoms with van der Waals surface area (Å²) in [5.74, 6) is 0.624. The lowest BCUT2D eigenvalue weighted by molar-refractivity contribution is 0.164. The maximum atomic E-state index is 9.30. The fourth-order valence-corrected chi connectivity index (χ4v) is 1.04. The van der Waals surface area contributed by atoms with Crippen LogP contribution in [0.2, 0.25) is 0 Å². The van der Waals surface area contributed by atoms with Gasteiger partial charge in [0.05, 0.1) is 6.10 Å². The molecule has 0 aromatic carbocycles. The number of aromatic nitrogens is 2. The van der Waals surface area contributed by atoms with Crippen LogP contribution in [0.3, 0.4) is 0 Å². The first-order valence-corrected chi connectivity index (χ1v) is 4.93. The molecular formula is C10H17N3O. The van der Waals surface area contributed by atoms with Crippen LogP contribution in [-0.2, 0) is 0 Å². The second kappa shape index (κ2) is 5.54. The molecule has 1 aromatic rings. The third kappa shape index (κ3) is 3.70. The Morgan fingerprint density at radius 2 is 2.07 bits per heavy atom. The van der Waals surface area contributed by atoms with Crippen LogP contribution in [0.15, 0.2) is 12.4 Å². The predicted octanol–water partition coefficient (Wildman–Crippen LogP) is 1.36. The van der Waals surface area contributed by atoms with Crippen molar-refractivity contribution in [3.8, 4) is 0 Å². The highest BCUT2D eigenvalue weighted by Gasteiger charge is 2.00. The molecule has 4 heteroatoms. The molecule has 0 aliphatic carbocycles. The highest BCUT2D eigenvalue weighted by molar-refractivity contribution is 5.23. The van der Waals surface area contributed by atoms with Crippen molar-refractivity contribution in [2.24, 2.45) is 0 Å². The van der Waals surface area contributed by atoms with Crippen molar-refractivity contribution in [2.45, 2.75) is 32.8 Å². The van der Waals surface area contributed by atoms with Gasteiger partial charge in [-0.05, 0) is 25.3 Å². The first-order valence-electron chi connectivity index (χ1n) is 4.93. The molecule has 0 aliphatic heterocycles. The Bertz CT molecular complexity index is 261. The van der Waals surface area contributed by atoms with Crippen LogP contribution in [0.4, 0.5) is 5.95 Å². The summed E-state index contributed by atoms with van der Waals surface area (Å²) < 4.78 is 0. The maximum Gasteiger partial charge on any atom is 0.222 e.